The molecule has 0 aliphatic carbocycles. The fourth-order valence-corrected chi connectivity index (χ4v) is 2.19. The van der Waals surface area contributed by atoms with Crippen LogP contribution < -0.4 is 0 Å². The van der Waals surface area contributed by atoms with Gasteiger partial charge < -0.3 is 15.3 Å². The van der Waals surface area contributed by atoms with Crippen molar-refractivity contribution < 1.29 is 15.3 Å². The smallest absolute Gasteiger partial charge is 0.0893 e. The summed E-state index contributed by atoms with van der Waals surface area (Å²) in [6, 6.07) is 0. The van der Waals surface area contributed by atoms with E-state index in [4.69, 9.17) is 10.2 Å². The van der Waals surface area contributed by atoms with E-state index in [9.17, 15) is 5.11 Å². The molecule has 0 aromatic rings. The Labute approximate surface area is 64.1 Å². The predicted octanol–water partition coefficient (Wildman–Crippen LogP) is -0.937. The molecule has 3 nitrogen and oxygen atoms in total. The molecule has 10 heavy (non-hydrogen) atoms. The van der Waals surface area contributed by atoms with Gasteiger partial charge in [0.05, 0.1) is 12.2 Å². The Morgan fingerprint density at radius 2 is 2.00 bits per heavy atom. The van der Waals surface area contributed by atoms with Crippen molar-refractivity contribution in [3.05, 3.63) is 0 Å². The van der Waals surface area contributed by atoms with Crippen LogP contribution in [-0.4, -0.2) is 45.6 Å². The first-order valence-electron chi connectivity index (χ1n) is 3.30. The molecule has 4 heteroatoms. The third-order valence-electron chi connectivity index (χ3n) is 1.73. The standard InChI is InChI=1S/C6H12O3S/c7-1-4-2-10-3-5(8)6(4)9/h4-9H,1-3H2. The second kappa shape index (κ2) is 3.57. The Kier molecular flexibility index (Phi) is 2.97. The molecule has 1 saturated heterocycles. The normalized spacial score (nSPS) is 41.7. The Balaban J connectivity index is 2.42. The number of thioether (sulfide) groups is 1. The maximum Gasteiger partial charge on any atom is 0.0893 e. The molecule has 0 radical (unpaired) electrons. The third-order valence-corrected chi connectivity index (χ3v) is 2.97. The molecule has 0 aromatic heterocycles. The van der Waals surface area contributed by atoms with Crippen LogP contribution in [0.3, 0.4) is 0 Å². The topological polar surface area (TPSA) is 60.7 Å². The van der Waals surface area contributed by atoms with Crippen LogP contribution in [0.25, 0.3) is 0 Å². The van der Waals surface area contributed by atoms with Gasteiger partial charge in [-0.25, -0.2) is 0 Å². The maximum absolute atomic E-state index is 9.21. The zero-order valence-corrected chi connectivity index (χ0v) is 6.42. The molecule has 0 amide bonds. The molecule has 3 N–H and O–H groups in total. The molecule has 1 fully saturated rings. The van der Waals surface area contributed by atoms with Crippen molar-refractivity contribution in [2.45, 2.75) is 12.2 Å². The average Bonchev–Trinajstić information content (AvgIpc) is 1.95. The molecule has 3 unspecified atom stereocenters. The monoisotopic (exact) mass is 164 g/mol. The molecule has 0 spiro atoms. The number of hydrogen-bond acceptors (Lipinski definition) is 4. The molecule has 3 atom stereocenters. The van der Waals surface area contributed by atoms with Crippen molar-refractivity contribution in [1.82, 2.24) is 0 Å². The predicted molar refractivity (Wildman–Crippen MR) is 39.9 cm³/mol. The Bertz CT molecular complexity index is 109. The van der Waals surface area contributed by atoms with Gasteiger partial charge in [-0.3, -0.25) is 0 Å². The molecule has 0 saturated carbocycles. The van der Waals surface area contributed by atoms with Crippen molar-refractivity contribution >= 4 is 11.8 Å². The van der Waals surface area contributed by atoms with Gasteiger partial charge >= 0.3 is 0 Å². The largest absolute Gasteiger partial charge is 0.396 e. The summed E-state index contributed by atoms with van der Waals surface area (Å²) in [5.74, 6) is 1.18. The van der Waals surface area contributed by atoms with E-state index in [-0.39, 0.29) is 12.5 Å². The minimum absolute atomic E-state index is 0.0365. The lowest BCUT2D eigenvalue weighted by Gasteiger charge is -2.29. The SMILES string of the molecule is OCC1CSCC(O)C1O. The zero-order chi connectivity index (χ0) is 7.56. The van der Waals surface area contributed by atoms with E-state index < -0.39 is 12.2 Å². The second-order valence-corrected chi connectivity index (χ2v) is 3.61. The molecular weight excluding hydrogens is 152 g/mol. The summed E-state index contributed by atoms with van der Waals surface area (Å²) in [5.41, 5.74) is 0. The Hall–Kier alpha value is 0.230. The first kappa shape index (κ1) is 8.33. The minimum atomic E-state index is -0.730. The molecule has 0 bridgehead atoms. The van der Waals surface area contributed by atoms with E-state index in [0.29, 0.717) is 5.75 Å². The fourth-order valence-electron chi connectivity index (χ4n) is 1.01. The number of aliphatic hydroxyl groups excluding tert-OH is 3. The summed E-state index contributed by atoms with van der Waals surface area (Å²) in [7, 11) is 0. The molecule has 1 aliphatic heterocycles. The average molecular weight is 164 g/mol. The van der Waals surface area contributed by atoms with Crippen molar-refractivity contribution in [3.63, 3.8) is 0 Å². The van der Waals surface area contributed by atoms with Gasteiger partial charge in [0.1, 0.15) is 0 Å². The van der Waals surface area contributed by atoms with Crippen molar-refractivity contribution in [1.29, 1.82) is 0 Å². The molecular formula is C6H12O3S. The highest BCUT2D eigenvalue weighted by Crippen LogP contribution is 2.22. The van der Waals surface area contributed by atoms with Crippen LogP contribution in [-0.2, 0) is 0 Å². The second-order valence-electron chi connectivity index (χ2n) is 2.54. The summed E-state index contributed by atoms with van der Waals surface area (Å²) >= 11 is 1.57. The number of rotatable bonds is 1. The van der Waals surface area contributed by atoms with Gasteiger partial charge in [-0.15, -0.1) is 0 Å². The highest BCUT2D eigenvalue weighted by atomic mass is 32.2. The van der Waals surface area contributed by atoms with Gasteiger partial charge in [-0.05, 0) is 0 Å². The van der Waals surface area contributed by atoms with Crippen LogP contribution >= 0.6 is 11.8 Å². The van der Waals surface area contributed by atoms with Gasteiger partial charge in [-0.2, -0.15) is 11.8 Å². The zero-order valence-electron chi connectivity index (χ0n) is 5.60. The van der Waals surface area contributed by atoms with Gasteiger partial charge in [0.2, 0.25) is 0 Å². The van der Waals surface area contributed by atoms with Crippen LogP contribution in [0.4, 0.5) is 0 Å². The fraction of sp³-hybridized carbons (Fsp3) is 1.00. The van der Waals surface area contributed by atoms with Crippen molar-refractivity contribution in [3.8, 4) is 0 Å². The van der Waals surface area contributed by atoms with E-state index in [1.165, 1.54) is 0 Å². The van der Waals surface area contributed by atoms with Crippen molar-refractivity contribution in [2.24, 2.45) is 5.92 Å². The van der Waals surface area contributed by atoms with Crippen LogP contribution in [0.1, 0.15) is 0 Å². The summed E-state index contributed by atoms with van der Waals surface area (Å²) in [6.07, 6.45) is -1.39. The van der Waals surface area contributed by atoms with Crippen LogP contribution in [0.15, 0.2) is 0 Å². The van der Waals surface area contributed by atoms with Crippen LogP contribution in [0.2, 0.25) is 0 Å². The third kappa shape index (κ3) is 1.63. The summed E-state index contributed by atoms with van der Waals surface area (Å²) in [5, 5.41) is 27.0. The quantitative estimate of drug-likeness (QED) is 0.468. The van der Waals surface area contributed by atoms with Gasteiger partial charge in [0, 0.05) is 24.0 Å². The van der Waals surface area contributed by atoms with E-state index in [0.717, 1.165) is 5.75 Å². The lowest BCUT2D eigenvalue weighted by Crippen LogP contribution is -2.41. The van der Waals surface area contributed by atoms with E-state index in [2.05, 4.69) is 0 Å². The molecule has 1 rings (SSSR count). The van der Waals surface area contributed by atoms with Crippen LogP contribution in [0, 0.1) is 5.92 Å². The molecule has 1 heterocycles. The maximum atomic E-state index is 9.21. The molecule has 60 valence electrons. The number of hydrogen-bond donors (Lipinski definition) is 3. The summed E-state index contributed by atoms with van der Waals surface area (Å²) < 4.78 is 0. The van der Waals surface area contributed by atoms with Gasteiger partial charge in [-0.1, -0.05) is 0 Å². The van der Waals surface area contributed by atoms with Gasteiger partial charge in [0.15, 0.2) is 0 Å². The Morgan fingerprint density at radius 3 is 2.50 bits per heavy atom. The lowest BCUT2D eigenvalue weighted by atomic mass is 10.0. The van der Waals surface area contributed by atoms with E-state index >= 15 is 0 Å². The first-order chi connectivity index (χ1) is 4.75. The highest BCUT2D eigenvalue weighted by Gasteiger charge is 2.29. The van der Waals surface area contributed by atoms with E-state index in [1.807, 2.05) is 0 Å². The van der Waals surface area contributed by atoms with Crippen LogP contribution in [0.5, 0.6) is 0 Å². The Morgan fingerprint density at radius 1 is 1.30 bits per heavy atom. The molecule has 0 aromatic carbocycles. The van der Waals surface area contributed by atoms with Gasteiger partial charge in [0.25, 0.3) is 0 Å². The summed E-state index contributed by atoms with van der Waals surface area (Å²) in [6.45, 7) is -0.0365. The van der Waals surface area contributed by atoms with Crippen molar-refractivity contribution in [2.75, 3.05) is 18.1 Å². The lowest BCUT2D eigenvalue weighted by molar-refractivity contribution is -0.0177. The first-order valence-corrected chi connectivity index (χ1v) is 4.46. The highest BCUT2D eigenvalue weighted by molar-refractivity contribution is 7.99. The molecule has 1 aliphatic rings. The minimum Gasteiger partial charge on any atom is -0.396 e. The summed E-state index contributed by atoms with van der Waals surface area (Å²) in [4.78, 5) is 0. The van der Waals surface area contributed by atoms with E-state index in [1.54, 1.807) is 11.8 Å². The number of aliphatic hydroxyl groups is 3.